The van der Waals surface area contributed by atoms with Crippen LogP contribution in [0.15, 0.2) is 18.5 Å². The molecule has 0 saturated heterocycles. The van der Waals surface area contributed by atoms with E-state index in [2.05, 4.69) is 24.1 Å². The van der Waals surface area contributed by atoms with Crippen LogP contribution < -0.4 is 5.32 Å². The van der Waals surface area contributed by atoms with Gasteiger partial charge >= 0.3 is 0 Å². The molecule has 1 rings (SSSR count). The molecule has 1 N–H and O–H groups in total. The molecule has 0 amide bonds. The fourth-order valence-electron chi connectivity index (χ4n) is 1.86. The van der Waals surface area contributed by atoms with Gasteiger partial charge in [0.1, 0.15) is 0 Å². The Balaban J connectivity index is 2.50. The van der Waals surface area contributed by atoms with Gasteiger partial charge in [0.15, 0.2) is 0 Å². The highest BCUT2D eigenvalue weighted by molar-refractivity contribution is 6.31. The first kappa shape index (κ1) is 15.4. The summed E-state index contributed by atoms with van der Waals surface area (Å²) in [6.07, 6.45) is 4.50. The van der Waals surface area contributed by atoms with Crippen molar-refractivity contribution < 1.29 is 4.74 Å². The Labute approximate surface area is 115 Å². The van der Waals surface area contributed by atoms with Gasteiger partial charge in [-0.1, -0.05) is 25.4 Å². The van der Waals surface area contributed by atoms with Gasteiger partial charge in [-0.15, -0.1) is 0 Å². The molecule has 0 fully saturated rings. The molecule has 1 aromatic heterocycles. The number of aromatic nitrogens is 1. The Morgan fingerprint density at radius 2 is 2.22 bits per heavy atom. The Morgan fingerprint density at radius 1 is 1.44 bits per heavy atom. The fraction of sp³-hybridized carbons (Fsp3) is 0.643. The van der Waals surface area contributed by atoms with Crippen molar-refractivity contribution in [2.75, 3.05) is 26.8 Å². The zero-order valence-corrected chi connectivity index (χ0v) is 12.2. The first-order valence-corrected chi connectivity index (χ1v) is 6.81. The maximum absolute atomic E-state index is 6.15. The van der Waals surface area contributed by atoms with Crippen molar-refractivity contribution in [2.45, 2.75) is 20.3 Å². The summed E-state index contributed by atoms with van der Waals surface area (Å²) in [6, 6.07) is 2.01. The van der Waals surface area contributed by atoms with E-state index < -0.39 is 0 Å². The molecule has 0 aliphatic carbocycles. The SMILES string of the molecule is COCCNCC(Cc1ccncc1Cl)C(C)C. The van der Waals surface area contributed by atoms with E-state index in [1.54, 1.807) is 19.5 Å². The largest absolute Gasteiger partial charge is 0.383 e. The standard InChI is InChI=1S/C14H23ClN2O/c1-11(2)13(9-17-6-7-18-3)8-12-4-5-16-10-14(12)15/h4-5,10-11,13,17H,6-9H2,1-3H3. The van der Waals surface area contributed by atoms with Gasteiger partial charge in [-0.3, -0.25) is 4.98 Å². The number of hydrogen-bond acceptors (Lipinski definition) is 3. The van der Waals surface area contributed by atoms with Crippen LogP contribution in [0.4, 0.5) is 0 Å². The first-order valence-electron chi connectivity index (χ1n) is 6.43. The first-order chi connectivity index (χ1) is 8.65. The van der Waals surface area contributed by atoms with Crippen molar-refractivity contribution in [2.24, 2.45) is 11.8 Å². The highest BCUT2D eigenvalue weighted by Gasteiger charge is 2.15. The van der Waals surface area contributed by atoms with Crippen LogP contribution in [-0.2, 0) is 11.2 Å². The van der Waals surface area contributed by atoms with Crippen molar-refractivity contribution in [1.29, 1.82) is 0 Å². The summed E-state index contributed by atoms with van der Waals surface area (Å²) >= 11 is 6.15. The van der Waals surface area contributed by atoms with Crippen LogP contribution in [0.5, 0.6) is 0 Å². The molecule has 0 aromatic carbocycles. The molecule has 1 atom stereocenters. The van der Waals surface area contributed by atoms with Gasteiger partial charge in [0, 0.05) is 26.0 Å². The normalized spacial score (nSPS) is 12.9. The molecule has 0 bridgehead atoms. The smallest absolute Gasteiger partial charge is 0.0621 e. The minimum Gasteiger partial charge on any atom is -0.383 e. The van der Waals surface area contributed by atoms with Gasteiger partial charge in [0.2, 0.25) is 0 Å². The van der Waals surface area contributed by atoms with E-state index in [4.69, 9.17) is 16.3 Å². The van der Waals surface area contributed by atoms with Crippen LogP contribution in [-0.4, -0.2) is 31.8 Å². The minimum absolute atomic E-state index is 0.571. The highest BCUT2D eigenvalue weighted by atomic mass is 35.5. The molecule has 1 unspecified atom stereocenters. The molecule has 1 aromatic rings. The summed E-state index contributed by atoms with van der Waals surface area (Å²) in [7, 11) is 1.72. The quantitative estimate of drug-likeness (QED) is 0.738. The number of methoxy groups -OCH3 is 1. The second-order valence-electron chi connectivity index (χ2n) is 4.87. The molecule has 0 radical (unpaired) electrons. The second kappa shape index (κ2) is 8.46. The summed E-state index contributed by atoms with van der Waals surface area (Å²) in [6.45, 7) is 7.12. The third-order valence-electron chi connectivity index (χ3n) is 3.17. The molecule has 0 aliphatic rings. The molecular weight excluding hydrogens is 248 g/mol. The molecule has 4 heteroatoms. The number of rotatable bonds is 8. The van der Waals surface area contributed by atoms with Crippen molar-refractivity contribution in [3.8, 4) is 0 Å². The lowest BCUT2D eigenvalue weighted by Gasteiger charge is -2.22. The minimum atomic E-state index is 0.571. The maximum Gasteiger partial charge on any atom is 0.0621 e. The number of pyridine rings is 1. The maximum atomic E-state index is 6.15. The third-order valence-corrected chi connectivity index (χ3v) is 3.51. The number of nitrogens with one attached hydrogen (secondary N) is 1. The van der Waals surface area contributed by atoms with Gasteiger partial charge in [0.25, 0.3) is 0 Å². The van der Waals surface area contributed by atoms with Crippen molar-refractivity contribution in [3.05, 3.63) is 29.0 Å². The van der Waals surface area contributed by atoms with Gasteiger partial charge in [0.05, 0.1) is 11.6 Å². The zero-order valence-electron chi connectivity index (χ0n) is 11.4. The lowest BCUT2D eigenvalue weighted by molar-refractivity contribution is 0.196. The molecule has 3 nitrogen and oxygen atoms in total. The van der Waals surface area contributed by atoms with E-state index in [1.807, 2.05) is 6.07 Å². The van der Waals surface area contributed by atoms with Crippen LogP contribution in [0.25, 0.3) is 0 Å². The van der Waals surface area contributed by atoms with Gasteiger partial charge in [-0.05, 0) is 36.4 Å². The molecule has 0 spiro atoms. The number of nitrogens with zero attached hydrogens (tertiary/aromatic N) is 1. The van der Waals surface area contributed by atoms with Crippen LogP contribution >= 0.6 is 11.6 Å². The van der Waals surface area contributed by atoms with Crippen molar-refractivity contribution in [3.63, 3.8) is 0 Å². The van der Waals surface area contributed by atoms with E-state index in [9.17, 15) is 0 Å². The third kappa shape index (κ3) is 5.34. The van der Waals surface area contributed by atoms with E-state index in [1.165, 1.54) is 5.56 Å². The van der Waals surface area contributed by atoms with Gasteiger partial charge < -0.3 is 10.1 Å². The molecule has 18 heavy (non-hydrogen) atoms. The average Bonchev–Trinajstić information content (AvgIpc) is 2.35. The molecule has 102 valence electrons. The van der Waals surface area contributed by atoms with E-state index >= 15 is 0 Å². The van der Waals surface area contributed by atoms with Crippen LogP contribution in [0.1, 0.15) is 19.4 Å². The Hall–Kier alpha value is -0.640. The zero-order chi connectivity index (χ0) is 13.4. The number of halogens is 1. The Morgan fingerprint density at radius 3 is 2.83 bits per heavy atom. The van der Waals surface area contributed by atoms with Gasteiger partial charge in [-0.25, -0.2) is 0 Å². The molecular formula is C14H23ClN2O. The van der Waals surface area contributed by atoms with Crippen molar-refractivity contribution in [1.82, 2.24) is 10.3 Å². The van der Waals surface area contributed by atoms with Crippen LogP contribution in [0, 0.1) is 11.8 Å². The monoisotopic (exact) mass is 270 g/mol. The Bertz CT molecular complexity index is 344. The molecule has 0 aliphatic heterocycles. The predicted molar refractivity (Wildman–Crippen MR) is 76.0 cm³/mol. The predicted octanol–water partition coefficient (Wildman–Crippen LogP) is 2.79. The molecule has 1 heterocycles. The summed E-state index contributed by atoms with van der Waals surface area (Å²) in [5, 5.41) is 4.19. The second-order valence-corrected chi connectivity index (χ2v) is 5.28. The van der Waals surface area contributed by atoms with E-state index in [-0.39, 0.29) is 0 Å². The summed E-state index contributed by atoms with van der Waals surface area (Å²) < 4.78 is 5.03. The number of hydrogen-bond donors (Lipinski definition) is 1. The van der Waals surface area contributed by atoms with Crippen LogP contribution in [0.2, 0.25) is 5.02 Å². The molecule has 0 saturated carbocycles. The highest BCUT2D eigenvalue weighted by Crippen LogP contribution is 2.21. The van der Waals surface area contributed by atoms with Crippen LogP contribution in [0.3, 0.4) is 0 Å². The van der Waals surface area contributed by atoms with Gasteiger partial charge in [-0.2, -0.15) is 0 Å². The van der Waals surface area contributed by atoms with E-state index in [0.717, 1.165) is 31.1 Å². The van der Waals surface area contributed by atoms with Crippen molar-refractivity contribution >= 4 is 11.6 Å². The average molecular weight is 271 g/mol. The lowest BCUT2D eigenvalue weighted by Crippen LogP contribution is -2.30. The summed E-state index contributed by atoms with van der Waals surface area (Å²) in [5.41, 5.74) is 1.18. The lowest BCUT2D eigenvalue weighted by atomic mass is 9.89. The Kier molecular flexibility index (Phi) is 7.25. The number of ether oxygens (including phenoxy) is 1. The fourth-order valence-corrected chi connectivity index (χ4v) is 2.05. The summed E-state index contributed by atoms with van der Waals surface area (Å²) in [5.74, 6) is 1.19. The topological polar surface area (TPSA) is 34.1 Å². The van der Waals surface area contributed by atoms with E-state index in [0.29, 0.717) is 11.8 Å². The summed E-state index contributed by atoms with van der Waals surface area (Å²) in [4.78, 5) is 4.02.